The third-order valence-corrected chi connectivity index (χ3v) is 4.95. The van der Waals surface area contributed by atoms with E-state index in [4.69, 9.17) is 28.9 Å². The molecule has 3 nitrogen and oxygen atoms in total. The summed E-state index contributed by atoms with van der Waals surface area (Å²) in [4.78, 5) is 14.2. The van der Waals surface area contributed by atoms with Gasteiger partial charge in [-0.2, -0.15) is 0 Å². The lowest BCUT2D eigenvalue weighted by Crippen LogP contribution is -2.36. The molecule has 1 fully saturated rings. The van der Waals surface area contributed by atoms with Gasteiger partial charge in [-0.05, 0) is 36.9 Å². The van der Waals surface area contributed by atoms with Crippen LogP contribution >= 0.6 is 23.2 Å². The van der Waals surface area contributed by atoms with Crippen molar-refractivity contribution in [1.82, 2.24) is 4.90 Å². The fourth-order valence-corrected chi connectivity index (χ4v) is 3.31. The monoisotopic (exact) mass is 314 g/mol. The Labute approximate surface area is 130 Å². The van der Waals surface area contributed by atoms with E-state index >= 15 is 0 Å². The molecule has 2 unspecified atom stereocenters. The topological polar surface area (TPSA) is 46.3 Å². The molecule has 20 heavy (non-hydrogen) atoms. The average Bonchev–Trinajstić information content (AvgIpc) is 2.91. The van der Waals surface area contributed by atoms with E-state index in [0.717, 1.165) is 24.8 Å². The summed E-state index contributed by atoms with van der Waals surface area (Å²) in [5.74, 6) is 0.539. The minimum absolute atomic E-state index is 0.0583. The minimum atomic E-state index is 0.0583. The molecular weight excluding hydrogens is 295 g/mol. The molecule has 0 heterocycles. The third-order valence-electron chi connectivity index (χ3n) is 4.09. The van der Waals surface area contributed by atoms with Gasteiger partial charge in [-0.1, -0.05) is 41.8 Å². The molecule has 110 valence electrons. The molecule has 1 amide bonds. The predicted octanol–water partition coefficient (Wildman–Crippen LogP) is 3.33. The minimum Gasteiger partial charge on any atom is -0.341 e. The van der Waals surface area contributed by atoms with Gasteiger partial charge in [-0.15, -0.1) is 0 Å². The summed E-state index contributed by atoms with van der Waals surface area (Å²) in [6.07, 6.45) is 3.08. The molecule has 2 atom stereocenters. The molecule has 0 spiro atoms. The second kappa shape index (κ2) is 6.79. The van der Waals surface area contributed by atoms with Crippen LogP contribution in [-0.2, 0) is 11.3 Å². The molecule has 0 aromatic heterocycles. The Morgan fingerprint density at radius 3 is 2.85 bits per heavy atom. The summed E-state index contributed by atoms with van der Waals surface area (Å²) in [5.41, 5.74) is 6.62. The second-order valence-corrected chi connectivity index (χ2v) is 6.23. The van der Waals surface area contributed by atoms with E-state index in [0.29, 0.717) is 29.1 Å². The van der Waals surface area contributed by atoms with E-state index in [9.17, 15) is 4.79 Å². The van der Waals surface area contributed by atoms with E-state index in [1.165, 1.54) is 0 Å². The van der Waals surface area contributed by atoms with Crippen LogP contribution in [0.5, 0.6) is 0 Å². The molecular formula is C15H20Cl2N2O. The van der Waals surface area contributed by atoms with Gasteiger partial charge in [-0.3, -0.25) is 4.79 Å². The summed E-state index contributed by atoms with van der Waals surface area (Å²) >= 11 is 12.2. The van der Waals surface area contributed by atoms with Gasteiger partial charge in [0.25, 0.3) is 0 Å². The zero-order valence-corrected chi connectivity index (χ0v) is 13.1. The van der Waals surface area contributed by atoms with Crippen molar-refractivity contribution in [3.8, 4) is 0 Å². The highest BCUT2D eigenvalue weighted by atomic mass is 35.5. The van der Waals surface area contributed by atoms with Crippen LogP contribution in [0, 0.1) is 11.8 Å². The highest BCUT2D eigenvalue weighted by Crippen LogP contribution is 2.33. The Morgan fingerprint density at radius 1 is 1.40 bits per heavy atom. The van der Waals surface area contributed by atoms with E-state index in [1.54, 1.807) is 11.0 Å². The molecule has 1 aliphatic carbocycles. The second-order valence-electron chi connectivity index (χ2n) is 5.44. The van der Waals surface area contributed by atoms with Crippen LogP contribution in [0.4, 0.5) is 0 Å². The molecule has 1 aliphatic rings. The Balaban J connectivity index is 2.06. The van der Waals surface area contributed by atoms with Crippen LogP contribution in [0.3, 0.4) is 0 Å². The van der Waals surface area contributed by atoms with Gasteiger partial charge in [0, 0.05) is 19.5 Å². The first-order chi connectivity index (χ1) is 9.54. The quantitative estimate of drug-likeness (QED) is 0.926. The maximum absolute atomic E-state index is 12.5. The number of amides is 1. The number of carbonyl (C=O) groups excluding carboxylic acids is 1. The third kappa shape index (κ3) is 3.27. The van der Waals surface area contributed by atoms with Crippen molar-refractivity contribution in [2.75, 3.05) is 13.6 Å². The first-order valence-electron chi connectivity index (χ1n) is 6.92. The van der Waals surface area contributed by atoms with Crippen LogP contribution in [0.25, 0.3) is 0 Å². The molecule has 1 saturated carbocycles. The number of hydrogen-bond acceptors (Lipinski definition) is 2. The van der Waals surface area contributed by atoms with E-state index < -0.39 is 0 Å². The van der Waals surface area contributed by atoms with Crippen LogP contribution in [0.1, 0.15) is 24.8 Å². The molecule has 1 aromatic rings. The van der Waals surface area contributed by atoms with Gasteiger partial charge in [0.2, 0.25) is 5.91 Å². The molecule has 0 aliphatic heterocycles. The van der Waals surface area contributed by atoms with Gasteiger partial charge >= 0.3 is 0 Å². The van der Waals surface area contributed by atoms with E-state index in [2.05, 4.69) is 0 Å². The molecule has 0 bridgehead atoms. The van der Waals surface area contributed by atoms with E-state index in [1.807, 2.05) is 19.2 Å². The van der Waals surface area contributed by atoms with Crippen LogP contribution in [-0.4, -0.2) is 24.4 Å². The lowest BCUT2D eigenvalue weighted by atomic mass is 9.95. The summed E-state index contributed by atoms with van der Waals surface area (Å²) in [7, 11) is 1.81. The largest absolute Gasteiger partial charge is 0.341 e. The van der Waals surface area contributed by atoms with E-state index in [-0.39, 0.29) is 11.8 Å². The van der Waals surface area contributed by atoms with Crippen molar-refractivity contribution >= 4 is 29.1 Å². The van der Waals surface area contributed by atoms with Gasteiger partial charge in [0.1, 0.15) is 0 Å². The number of nitrogens with zero attached hydrogens (tertiary/aromatic N) is 1. The van der Waals surface area contributed by atoms with Crippen LogP contribution < -0.4 is 5.73 Å². The maximum atomic E-state index is 12.5. The van der Waals surface area contributed by atoms with Crippen molar-refractivity contribution < 1.29 is 4.79 Å². The Bertz CT molecular complexity index is 493. The van der Waals surface area contributed by atoms with Gasteiger partial charge in [0.15, 0.2) is 0 Å². The highest BCUT2D eigenvalue weighted by Gasteiger charge is 2.33. The van der Waals surface area contributed by atoms with Gasteiger partial charge in [0.05, 0.1) is 10.0 Å². The molecule has 5 heteroatoms. The average molecular weight is 315 g/mol. The fraction of sp³-hybridized carbons (Fsp3) is 0.533. The summed E-state index contributed by atoms with van der Waals surface area (Å²) in [5, 5.41) is 1.04. The maximum Gasteiger partial charge on any atom is 0.226 e. The molecule has 1 aromatic carbocycles. The van der Waals surface area contributed by atoms with Crippen molar-refractivity contribution in [1.29, 1.82) is 0 Å². The zero-order valence-electron chi connectivity index (χ0n) is 11.6. The lowest BCUT2D eigenvalue weighted by molar-refractivity contribution is -0.135. The smallest absolute Gasteiger partial charge is 0.226 e. The zero-order chi connectivity index (χ0) is 14.7. The predicted molar refractivity (Wildman–Crippen MR) is 82.8 cm³/mol. The highest BCUT2D eigenvalue weighted by molar-refractivity contribution is 6.42. The standard InChI is InChI=1S/C15H20Cl2N2O/c1-19(9-11-5-3-7-13(16)14(11)17)15(20)12-6-2-4-10(12)8-18/h3,5,7,10,12H,2,4,6,8-9,18H2,1H3. The molecule has 2 N–H and O–H groups in total. The Kier molecular flexibility index (Phi) is 5.30. The van der Waals surface area contributed by atoms with Crippen molar-refractivity contribution in [3.63, 3.8) is 0 Å². The molecule has 0 saturated heterocycles. The van der Waals surface area contributed by atoms with Crippen molar-refractivity contribution in [2.24, 2.45) is 17.6 Å². The van der Waals surface area contributed by atoms with Gasteiger partial charge < -0.3 is 10.6 Å². The number of halogens is 2. The number of hydrogen-bond donors (Lipinski definition) is 1. The number of benzene rings is 1. The molecule has 0 radical (unpaired) electrons. The fourth-order valence-electron chi connectivity index (χ4n) is 2.93. The van der Waals surface area contributed by atoms with Crippen LogP contribution in [0.15, 0.2) is 18.2 Å². The summed E-state index contributed by atoms with van der Waals surface area (Å²) in [6, 6.07) is 5.49. The lowest BCUT2D eigenvalue weighted by Gasteiger charge is -2.25. The first-order valence-corrected chi connectivity index (χ1v) is 7.68. The first kappa shape index (κ1) is 15.6. The van der Waals surface area contributed by atoms with Crippen molar-refractivity contribution in [2.45, 2.75) is 25.8 Å². The normalized spacial score (nSPS) is 22.0. The number of carbonyl (C=O) groups is 1. The Morgan fingerprint density at radius 2 is 2.15 bits per heavy atom. The number of nitrogens with two attached hydrogens (primary N) is 1. The summed E-state index contributed by atoms with van der Waals surface area (Å²) in [6.45, 7) is 1.06. The summed E-state index contributed by atoms with van der Waals surface area (Å²) < 4.78 is 0. The van der Waals surface area contributed by atoms with Crippen LogP contribution in [0.2, 0.25) is 10.0 Å². The number of rotatable bonds is 4. The Hall–Kier alpha value is -0.770. The van der Waals surface area contributed by atoms with Crippen molar-refractivity contribution in [3.05, 3.63) is 33.8 Å². The SMILES string of the molecule is CN(Cc1cccc(Cl)c1Cl)C(=O)C1CCCC1CN. The molecule has 2 rings (SSSR count). The van der Waals surface area contributed by atoms with Gasteiger partial charge in [-0.25, -0.2) is 0 Å².